The van der Waals surface area contributed by atoms with Crippen LogP contribution in [0.3, 0.4) is 0 Å². The van der Waals surface area contributed by atoms with Gasteiger partial charge >= 0.3 is 0 Å². The summed E-state index contributed by atoms with van der Waals surface area (Å²) in [6.45, 7) is -0.574. The lowest BCUT2D eigenvalue weighted by Gasteiger charge is -2.16. The topological polar surface area (TPSA) is 93.2 Å². The molecule has 0 atom stereocenters. The van der Waals surface area contributed by atoms with Gasteiger partial charge in [-0.05, 0) is 36.4 Å². The number of nitrogens with zero attached hydrogens (tertiary/aromatic N) is 3. The molecular weight excluding hydrogens is 463 g/mol. The number of amides is 2. The van der Waals surface area contributed by atoms with Gasteiger partial charge in [0.1, 0.15) is 5.69 Å². The van der Waals surface area contributed by atoms with Gasteiger partial charge in [-0.15, -0.1) is 0 Å². The molecule has 2 heterocycles. The van der Waals surface area contributed by atoms with Crippen molar-refractivity contribution in [3.63, 3.8) is 0 Å². The zero-order valence-electron chi connectivity index (χ0n) is 16.5. The van der Waals surface area contributed by atoms with Gasteiger partial charge in [0.05, 0.1) is 28.5 Å². The van der Waals surface area contributed by atoms with Crippen molar-refractivity contribution in [1.82, 2.24) is 14.7 Å². The van der Waals surface area contributed by atoms with E-state index in [9.17, 15) is 18.4 Å². The van der Waals surface area contributed by atoms with E-state index >= 15 is 0 Å². The van der Waals surface area contributed by atoms with E-state index in [-0.39, 0.29) is 24.2 Å². The van der Waals surface area contributed by atoms with Crippen molar-refractivity contribution in [2.75, 3.05) is 18.4 Å². The number of benzene rings is 2. The average molecular weight is 480 g/mol. The van der Waals surface area contributed by atoms with Gasteiger partial charge in [-0.3, -0.25) is 9.59 Å². The molecule has 0 spiro atoms. The van der Waals surface area contributed by atoms with E-state index in [0.29, 0.717) is 27.1 Å². The third kappa shape index (κ3) is 4.39. The van der Waals surface area contributed by atoms with Crippen molar-refractivity contribution < 1.29 is 18.4 Å². The molecule has 166 valence electrons. The molecule has 7 nitrogen and oxygen atoms in total. The zero-order chi connectivity index (χ0) is 23.0. The van der Waals surface area contributed by atoms with Crippen molar-refractivity contribution >= 4 is 46.4 Å². The number of nitrogens with two attached hydrogens (primary N) is 1. The minimum absolute atomic E-state index is 0.0115. The van der Waals surface area contributed by atoms with Gasteiger partial charge < -0.3 is 16.0 Å². The predicted octanol–water partition coefficient (Wildman–Crippen LogP) is 4.50. The van der Waals surface area contributed by atoms with Crippen LogP contribution in [-0.2, 0) is 0 Å². The monoisotopic (exact) mass is 479 g/mol. The summed E-state index contributed by atoms with van der Waals surface area (Å²) in [5.41, 5.74) is 6.91. The quantitative estimate of drug-likeness (QED) is 0.563. The van der Waals surface area contributed by atoms with Crippen LogP contribution >= 0.6 is 23.2 Å². The molecule has 0 saturated carbocycles. The summed E-state index contributed by atoms with van der Waals surface area (Å²) in [5.74, 6) is -4.09. The summed E-state index contributed by atoms with van der Waals surface area (Å²) in [4.78, 5) is 25.5. The van der Waals surface area contributed by atoms with E-state index in [4.69, 9.17) is 28.9 Å². The molecule has 4 rings (SSSR count). The van der Waals surface area contributed by atoms with E-state index in [2.05, 4.69) is 10.4 Å². The standard InChI is InChI=1S/C21H17Cl2F2N5O2/c22-14-2-1-3-15(23)18(14)30-10-16(17(28-30)19(26)31)27-13-6-4-12(5-7-13)20(32)29-9-8-21(24,25)11-29/h1-7,10,27H,8-9,11H2,(H2,26,31). The molecule has 1 aliphatic heterocycles. The van der Waals surface area contributed by atoms with Crippen molar-refractivity contribution in [1.29, 1.82) is 0 Å². The summed E-state index contributed by atoms with van der Waals surface area (Å²) < 4.78 is 28.1. The molecule has 3 aromatic rings. The van der Waals surface area contributed by atoms with Crippen LogP contribution in [0.2, 0.25) is 10.0 Å². The Morgan fingerprint density at radius 1 is 1.09 bits per heavy atom. The molecule has 0 bridgehead atoms. The molecule has 1 aliphatic rings. The van der Waals surface area contributed by atoms with E-state index < -0.39 is 24.3 Å². The summed E-state index contributed by atoms with van der Waals surface area (Å²) in [7, 11) is 0. The van der Waals surface area contributed by atoms with Crippen LogP contribution in [-0.4, -0.2) is 45.5 Å². The Morgan fingerprint density at radius 2 is 1.75 bits per heavy atom. The number of likely N-dealkylation sites (tertiary alicyclic amines) is 1. The third-order valence-corrected chi connectivity index (χ3v) is 5.59. The van der Waals surface area contributed by atoms with Crippen LogP contribution in [0, 0.1) is 0 Å². The van der Waals surface area contributed by atoms with Crippen molar-refractivity contribution in [3.8, 4) is 5.69 Å². The fourth-order valence-corrected chi connectivity index (χ4v) is 3.98. The number of alkyl halides is 2. The van der Waals surface area contributed by atoms with Crippen molar-refractivity contribution in [3.05, 3.63) is 70.0 Å². The molecule has 0 aliphatic carbocycles. The Morgan fingerprint density at radius 3 is 2.31 bits per heavy atom. The number of anilines is 2. The largest absolute Gasteiger partial charge is 0.364 e. The molecule has 0 radical (unpaired) electrons. The Bertz CT molecular complexity index is 1180. The number of carbonyl (C=O) groups is 2. The summed E-state index contributed by atoms with van der Waals surface area (Å²) >= 11 is 12.4. The molecule has 1 saturated heterocycles. The third-order valence-electron chi connectivity index (χ3n) is 4.98. The second kappa shape index (κ2) is 8.40. The first-order chi connectivity index (χ1) is 15.1. The van der Waals surface area contributed by atoms with Gasteiger partial charge in [-0.2, -0.15) is 5.10 Å². The van der Waals surface area contributed by atoms with Gasteiger partial charge in [0.25, 0.3) is 17.7 Å². The van der Waals surface area contributed by atoms with Gasteiger partial charge in [0.2, 0.25) is 0 Å². The maximum absolute atomic E-state index is 13.4. The first-order valence-corrected chi connectivity index (χ1v) is 10.3. The number of aromatic nitrogens is 2. The number of rotatable bonds is 5. The van der Waals surface area contributed by atoms with Gasteiger partial charge in [-0.1, -0.05) is 29.3 Å². The number of hydrogen-bond acceptors (Lipinski definition) is 4. The second-order valence-corrected chi connectivity index (χ2v) is 8.12. The van der Waals surface area contributed by atoms with Crippen LogP contribution in [0.1, 0.15) is 27.3 Å². The van der Waals surface area contributed by atoms with Gasteiger partial charge in [0.15, 0.2) is 5.69 Å². The molecule has 1 aromatic heterocycles. The minimum atomic E-state index is -2.85. The van der Waals surface area contributed by atoms with Crippen LogP contribution in [0.15, 0.2) is 48.7 Å². The first-order valence-electron chi connectivity index (χ1n) is 9.53. The van der Waals surface area contributed by atoms with Gasteiger partial charge in [-0.25, -0.2) is 13.5 Å². The molecule has 1 fully saturated rings. The Kier molecular flexibility index (Phi) is 5.79. The Hall–Kier alpha value is -3.17. The van der Waals surface area contributed by atoms with Crippen LogP contribution in [0.25, 0.3) is 5.69 Å². The SMILES string of the molecule is NC(=O)c1nn(-c2c(Cl)cccc2Cl)cc1Nc1ccc(C(=O)N2CCC(F)(F)C2)cc1. The maximum Gasteiger partial charge on any atom is 0.271 e. The summed E-state index contributed by atoms with van der Waals surface area (Å²) in [6.07, 6.45) is 1.17. The Labute approximate surface area is 191 Å². The number of para-hydroxylation sites is 1. The number of primary amides is 1. The lowest BCUT2D eigenvalue weighted by Crippen LogP contribution is -2.31. The zero-order valence-corrected chi connectivity index (χ0v) is 18.0. The van der Waals surface area contributed by atoms with Gasteiger partial charge in [0, 0.05) is 24.2 Å². The van der Waals surface area contributed by atoms with E-state index in [0.717, 1.165) is 4.90 Å². The number of carbonyl (C=O) groups excluding carboxylic acids is 2. The van der Waals surface area contributed by atoms with Crippen LogP contribution < -0.4 is 11.1 Å². The van der Waals surface area contributed by atoms with Crippen LogP contribution in [0.4, 0.5) is 20.2 Å². The van der Waals surface area contributed by atoms with Crippen molar-refractivity contribution in [2.24, 2.45) is 5.73 Å². The maximum atomic E-state index is 13.4. The fraction of sp³-hybridized carbons (Fsp3) is 0.190. The molecule has 2 amide bonds. The summed E-state index contributed by atoms with van der Waals surface area (Å²) in [5, 5.41) is 7.87. The lowest BCUT2D eigenvalue weighted by molar-refractivity contribution is 0.0120. The average Bonchev–Trinajstić information content (AvgIpc) is 3.31. The van der Waals surface area contributed by atoms with E-state index in [1.807, 2.05) is 0 Å². The molecular formula is C21H17Cl2F2N5O2. The number of halogens is 4. The second-order valence-electron chi connectivity index (χ2n) is 7.31. The highest BCUT2D eigenvalue weighted by Crippen LogP contribution is 2.31. The van der Waals surface area contributed by atoms with Crippen LogP contribution in [0.5, 0.6) is 0 Å². The van der Waals surface area contributed by atoms with E-state index in [1.54, 1.807) is 30.3 Å². The predicted molar refractivity (Wildman–Crippen MR) is 117 cm³/mol. The highest BCUT2D eigenvalue weighted by atomic mass is 35.5. The molecule has 0 unspecified atom stereocenters. The molecule has 3 N–H and O–H groups in total. The summed E-state index contributed by atoms with van der Waals surface area (Å²) in [6, 6.07) is 11.2. The van der Waals surface area contributed by atoms with E-state index in [1.165, 1.54) is 23.0 Å². The number of nitrogens with one attached hydrogen (secondary N) is 1. The highest BCUT2D eigenvalue weighted by molar-refractivity contribution is 6.37. The number of hydrogen-bond donors (Lipinski definition) is 2. The normalized spacial score (nSPS) is 15.1. The smallest absolute Gasteiger partial charge is 0.271 e. The molecule has 11 heteroatoms. The first kappa shape index (κ1) is 22.0. The molecule has 2 aromatic carbocycles. The Balaban J connectivity index is 1.57. The fourth-order valence-electron chi connectivity index (χ4n) is 3.41. The highest BCUT2D eigenvalue weighted by Gasteiger charge is 2.40. The molecule has 32 heavy (non-hydrogen) atoms. The van der Waals surface area contributed by atoms with Crippen molar-refractivity contribution in [2.45, 2.75) is 12.3 Å². The minimum Gasteiger partial charge on any atom is -0.364 e. The lowest BCUT2D eigenvalue weighted by atomic mass is 10.1.